The molecule has 0 bridgehead atoms. The second-order valence-corrected chi connectivity index (χ2v) is 8.14. The summed E-state index contributed by atoms with van der Waals surface area (Å²) in [5.74, 6) is -0.210. The summed E-state index contributed by atoms with van der Waals surface area (Å²) < 4.78 is 40.5. The molecule has 3 rings (SSSR count). The number of hydrogen-bond donors (Lipinski definition) is 1. The highest BCUT2D eigenvalue weighted by atomic mass is 32.2. The van der Waals surface area contributed by atoms with E-state index >= 15 is 0 Å². The van der Waals surface area contributed by atoms with E-state index in [1.165, 1.54) is 6.07 Å². The van der Waals surface area contributed by atoms with Crippen LogP contribution in [-0.2, 0) is 16.4 Å². The maximum Gasteiger partial charge on any atom is 0.240 e. The molecule has 2 aromatic rings. The van der Waals surface area contributed by atoms with Gasteiger partial charge in [-0.15, -0.1) is 0 Å². The van der Waals surface area contributed by atoms with Crippen molar-refractivity contribution >= 4 is 10.0 Å². The lowest BCUT2D eigenvalue weighted by atomic mass is 10.0. The van der Waals surface area contributed by atoms with Gasteiger partial charge in [-0.2, -0.15) is 0 Å². The number of likely N-dealkylation sites (tertiary alicyclic amines) is 1. The molecule has 2 aromatic carbocycles. The largest absolute Gasteiger partial charge is 0.299 e. The van der Waals surface area contributed by atoms with Gasteiger partial charge >= 0.3 is 0 Å². The monoisotopic (exact) mass is 362 g/mol. The minimum atomic E-state index is -3.46. The van der Waals surface area contributed by atoms with E-state index in [1.54, 1.807) is 42.5 Å². The highest BCUT2D eigenvalue weighted by Crippen LogP contribution is 2.21. The zero-order chi connectivity index (χ0) is 17.7. The molecule has 1 fully saturated rings. The molecule has 1 unspecified atom stereocenters. The number of hydrogen-bond acceptors (Lipinski definition) is 3. The Morgan fingerprint density at radius 2 is 1.92 bits per heavy atom. The molecule has 0 saturated carbocycles. The number of nitrogens with zero attached hydrogens (tertiary/aromatic N) is 1. The van der Waals surface area contributed by atoms with E-state index in [0.29, 0.717) is 19.1 Å². The Hall–Kier alpha value is -1.76. The van der Waals surface area contributed by atoms with Crippen LogP contribution in [0.25, 0.3) is 0 Å². The summed E-state index contributed by atoms with van der Waals surface area (Å²) in [7, 11) is -3.46. The van der Waals surface area contributed by atoms with E-state index in [0.717, 1.165) is 31.4 Å². The van der Waals surface area contributed by atoms with Crippen molar-refractivity contribution in [3.8, 4) is 0 Å². The number of halogens is 1. The molecule has 0 radical (unpaired) electrons. The Kier molecular flexibility index (Phi) is 5.83. The maximum absolute atomic E-state index is 13.3. The van der Waals surface area contributed by atoms with Crippen LogP contribution in [0.5, 0.6) is 0 Å². The van der Waals surface area contributed by atoms with Crippen molar-refractivity contribution in [2.45, 2.75) is 30.2 Å². The normalized spacial score (nSPS) is 18.5. The fraction of sp³-hybridized carbons (Fsp3) is 0.368. The quantitative estimate of drug-likeness (QED) is 0.824. The Labute approximate surface area is 148 Å². The fourth-order valence-corrected chi connectivity index (χ4v) is 4.41. The molecule has 1 aliphatic rings. The van der Waals surface area contributed by atoms with Crippen LogP contribution in [0, 0.1) is 5.82 Å². The number of nitrogens with one attached hydrogen (secondary N) is 1. The molecule has 25 heavy (non-hydrogen) atoms. The minimum absolute atomic E-state index is 0.210. The molecule has 0 amide bonds. The van der Waals surface area contributed by atoms with Crippen molar-refractivity contribution in [1.29, 1.82) is 0 Å². The minimum Gasteiger partial charge on any atom is -0.299 e. The van der Waals surface area contributed by atoms with Gasteiger partial charge in [0.05, 0.1) is 4.90 Å². The van der Waals surface area contributed by atoms with Crippen LogP contribution in [-0.4, -0.2) is 39.0 Å². The number of sulfonamides is 1. The van der Waals surface area contributed by atoms with Gasteiger partial charge in [0.1, 0.15) is 5.82 Å². The molecule has 6 heteroatoms. The molecule has 4 nitrogen and oxygen atoms in total. The van der Waals surface area contributed by atoms with Gasteiger partial charge in [0.25, 0.3) is 0 Å². The van der Waals surface area contributed by atoms with Crippen LogP contribution in [0.2, 0.25) is 0 Å². The number of benzene rings is 2. The first-order chi connectivity index (χ1) is 12.0. The van der Waals surface area contributed by atoms with Gasteiger partial charge in [-0.1, -0.05) is 30.3 Å². The van der Waals surface area contributed by atoms with Gasteiger partial charge in [0.2, 0.25) is 10.0 Å². The maximum atomic E-state index is 13.3. The zero-order valence-corrected chi connectivity index (χ0v) is 14.9. The van der Waals surface area contributed by atoms with E-state index in [4.69, 9.17) is 0 Å². The van der Waals surface area contributed by atoms with Crippen molar-refractivity contribution in [3.05, 3.63) is 66.0 Å². The third kappa shape index (κ3) is 4.87. The van der Waals surface area contributed by atoms with Crippen LogP contribution in [0.3, 0.4) is 0 Å². The van der Waals surface area contributed by atoms with Gasteiger partial charge < -0.3 is 0 Å². The zero-order valence-electron chi connectivity index (χ0n) is 14.1. The van der Waals surface area contributed by atoms with Gasteiger partial charge in [0.15, 0.2) is 0 Å². The first-order valence-electron chi connectivity index (χ1n) is 8.58. The molecule has 134 valence electrons. The summed E-state index contributed by atoms with van der Waals surface area (Å²) in [6.07, 6.45) is 2.94. The molecule has 0 spiro atoms. The third-order valence-corrected chi connectivity index (χ3v) is 6.08. The summed E-state index contributed by atoms with van der Waals surface area (Å²) in [4.78, 5) is 2.58. The second-order valence-electron chi connectivity index (χ2n) is 6.38. The second kappa shape index (κ2) is 8.08. The van der Waals surface area contributed by atoms with E-state index in [1.807, 2.05) is 6.07 Å². The van der Waals surface area contributed by atoms with Crippen molar-refractivity contribution in [3.63, 3.8) is 0 Å². The summed E-state index contributed by atoms with van der Waals surface area (Å²) >= 11 is 0. The highest BCUT2D eigenvalue weighted by molar-refractivity contribution is 7.89. The Morgan fingerprint density at radius 1 is 1.12 bits per heavy atom. The topological polar surface area (TPSA) is 49.4 Å². The standard InChI is InChI=1S/C19H23FN2O2S/c20-17-7-4-6-16(14-17)15-18-8-5-12-22(18)13-11-21-25(23,24)19-9-2-1-3-10-19/h1-4,6-7,9-10,14,18,21H,5,8,11-13,15H2. The van der Waals surface area contributed by atoms with E-state index in [2.05, 4.69) is 9.62 Å². The molecule has 0 aromatic heterocycles. The van der Waals surface area contributed by atoms with Crippen molar-refractivity contribution in [2.24, 2.45) is 0 Å². The van der Waals surface area contributed by atoms with E-state index < -0.39 is 10.0 Å². The molecule has 1 N–H and O–H groups in total. The van der Waals surface area contributed by atoms with Crippen molar-refractivity contribution < 1.29 is 12.8 Å². The Morgan fingerprint density at radius 3 is 2.68 bits per heavy atom. The van der Waals surface area contributed by atoms with Gasteiger partial charge in [-0.3, -0.25) is 4.90 Å². The first kappa shape index (κ1) is 18.0. The molecular formula is C19H23FN2O2S. The third-order valence-electron chi connectivity index (χ3n) is 4.60. The molecule has 1 aliphatic heterocycles. The summed E-state index contributed by atoms with van der Waals surface area (Å²) in [5, 5.41) is 0. The molecule has 1 saturated heterocycles. The Balaban J connectivity index is 1.54. The van der Waals surface area contributed by atoms with Crippen LogP contribution in [0.15, 0.2) is 59.5 Å². The first-order valence-corrected chi connectivity index (χ1v) is 10.1. The lowest BCUT2D eigenvalue weighted by Gasteiger charge is -2.24. The Bertz CT molecular complexity index is 796. The average molecular weight is 362 g/mol. The van der Waals surface area contributed by atoms with Gasteiger partial charge in [-0.05, 0) is 55.6 Å². The lowest BCUT2D eigenvalue weighted by Crippen LogP contribution is -2.38. The van der Waals surface area contributed by atoms with Crippen molar-refractivity contribution in [2.75, 3.05) is 19.6 Å². The van der Waals surface area contributed by atoms with E-state index in [-0.39, 0.29) is 10.7 Å². The number of rotatable bonds is 7. The molecule has 0 aliphatic carbocycles. The average Bonchev–Trinajstić information content (AvgIpc) is 3.03. The molecule has 1 atom stereocenters. The SMILES string of the molecule is O=S(=O)(NCCN1CCCC1Cc1cccc(F)c1)c1ccccc1. The van der Waals surface area contributed by atoms with Crippen LogP contribution >= 0.6 is 0 Å². The summed E-state index contributed by atoms with van der Waals surface area (Å²) in [6, 6.07) is 15.4. The predicted octanol–water partition coefficient (Wildman–Crippen LogP) is 2.81. The molecule has 1 heterocycles. The van der Waals surface area contributed by atoms with Crippen LogP contribution < -0.4 is 4.72 Å². The van der Waals surface area contributed by atoms with Crippen LogP contribution in [0.4, 0.5) is 4.39 Å². The van der Waals surface area contributed by atoms with Crippen LogP contribution in [0.1, 0.15) is 18.4 Å². The van der Waals surface area contributed by atoms with Gasteiger partial charge in [0, 0.05) is 19.1 Å². The summed E-state index contributed by atoms with van der Waals surface area (Å²) in [6.45, 7) is 1.98. The predicted molar refractivity (Wildman–Crippen MR) is 96.3 cm³/mol. The fourth-order valence-electron chi connectivity index (χ4n) is 3.36. The highest BCUT2D eigenvalue weighted by Gasteiger charge is 2.25. The lowest BCUT2D eigenvalue weighted by molar-refractivity contribution is 0.256. The van der Waals surface area contributed by atoms with Gasteiger partial charge in [-0.25, -0.2) is 17.5 Å². The smallest absolute Gasteiger partial charge is 0.240 e. The van der Waals surface area contributed by atoms with Crippen molar-refractivity contribution in [1.82, 2.24) is 9.62 Å². The summed E-state index contributed by atoms with van der Waals surface area (Å²) in [5.41, 5.74) is 0.988. The van der Waals surface area contributed by atoms with E-state index in [9.17, 15) is 12.8 Å². The molecular weight excluding hydrogens is 339 g/mol.